The zero-order chi connectivity index (χ0) is 22.2. The number of furan rings is 1. The minimum Gasteiger partial charge on any atom is -0.463 e. The van der Waals surface area contributed by atoms with Crippen LogP contribution >= 0.6 is 11.6 Å². The molecule has 0 aliphatic heterocycles. The van der Waals surface area contributed by atoms with E-state index in [1.54, 1.807) is 36.4 Å². The standard InChI is InChI=1S/C21H15ClFN3O4S/c1-31(28,29)15-8-9-16(23)17(11-15)24-21(27)18-12-19(20-3-2-10-30-20)26(25-18)14-6-4-13(22)5-7-14/h2-12H,1H3,(H,24,27). The van der Waals surface area contributed by atoms with Crippen LogP contribution in [0.3, 0.4) is 0 Å². The quantitative estimate of drug-likeness (QED) is 0.441. The lowest BCUT2D eigenvalue weighted by molar-refractivity contribution is 0.102. The van der Waals surface area contributed by atoms with Gasteiger partial charge >= 0.3 is 0 Å². The van der Waals surface area contributed by atoms with Crippen LogP contribution in [0, 0.1) is 5.82 Å². The van der Waals surface area contributed by atoms with Crippen LogP contribution in [0.5, 0.6) is 0 Å². The molecule has 0 aliphatic rings. The van der Waals surface area contributed by atoms with Crippen LogP contribution in [0.1, 0.15) is 10.5 Å². The number of hydrogen-bond donors (Lipinski definition) is 1. The number of halogens is 2. The molecule has 4 aromatic rings. The molecule has 2 heterocycles. The summed E-state index contributed by atoms with van der Waals surface area (Å²) in [6, 6.07) is 14.9. The van der Waals surface area contributed by atoms with Gasteiger partial charge in [-0.25, -0.2) is 17.5 Å². The average molecular weight is 460 g/mol. The van der Waals surface area contributed by atoms with Gasteiger partial charge in [0.15, 0.2) is 21.3 Å². The first-order chi connectivity index (χ1) is 14.7. The van der Waals surface area contributed by atoms with Crippen LogP contribution in [0.25, 0.3) is 17.1 Å². The Labute approximate surface area is 182 Å². The third-order valence-corrected chi connectivity index (χ3v) is 5.76. The highest BCUT2D eigenvalue weighted by atomic mass is 35.5. The van der Waals surface area contributed by atoms with Crippen LogP contribution in [0.4, 0.5) is 10.1 Å². The number of carbonyl (C=O) groups excluding carboxylic acids is 1. The van der Waals surface area contributed by atoms with E-state index in [1.807, 2.05) is 0 Å². The van der Waals surface area contributed by atoms with Gasteiger partial charge in [-0.15, -0.1) is 0 Å². The van der Waals surface area contributed by atoms with Crippen molar-refractivity contribution in [1.82, 2.24) is 9.78 Å². The number of aromatic nitrogens is 2. The molecule has 4 rings (SSSR count). The number of sulfone groups is 1. The highest BCUT2D eigenvalue weighted by Gasteiger charge is 2.20. The molecule has 158 valence electrons. The zero-order valence-corrected chi connectivity index (χ0v) is 17.6. The summed E-state index contributed by atoms with van der Waals surface area (Å²) < 4.78 is 44.6. The van der Waals surface area contributed by atoms with E-state index in [0.717, 1.165) is 24.5 Å². The normalized spacial score (nSPS) is 11.5. The number of hydrogen-bond acceptors (Lipinski definition) is 5. The fourth-order valence-corrected chi connectivity index (χ4v) is 3.66. The Morgan fingerprint density at radius 1 is 1.13 bits per heavy atom. The number of nitrogens with zero attached hydrogens (tertiary/aromatic N) is 2. The molecule has 2 aromatic heterocycles. The molecule has 1 amide bonds. The summed E-state index contributed by atoms with van der Waals surface area (Å²) in [6.07, 6.45) is 2.48. The minimum atomic E-state index is -3.58. The molecule has 0 radical (unpaired) electrons. The predicted molar refractivity (Wildman–Crippen MR) is 114 cm³/mol. The third kappa shape index (κ3) is 4.37. The maximum absolute atomic E-state index is 14.2. The van der Waals surface area contributed by atoms with Gasteiger partial charge in [-0.2, -0.15) is 5.10 Å². The highest BCUT2D eigenvalue weighted by Crippen LogP contribution is 2.26. The number of nitrogens with one attached hydrogen (secondary N) is 1. The summed E-state index contributed by atoms with van der Waals surface area (Å²) in [7, 11) is -3.58. The molecule has 10 heteroatoms. The van der Waals surface area contributed by atoms with Gasteiger partial charge < -0.3 is 9.73 Å². The number of carbonyl (C=O) groups is 1. The lowest BCUT2D eigenvalue weighted by atomic mass is 10.2. The van der Waals surface area contributed by atoms with E-state index in [2.05, 4.69) is 10.4 Å². The number of rotatable bonds is 5. The summed E-state index contributed by atoms with van der Waals surface area (Å²) in [5, 5.41) is 7.24. The van der Waals surface area contributed by atoms with Crippen LogP contribution < -0.4 is 5.32 Å². The van der Waals surface area contributed by atoms with E-state index in [-0.39, 0.29) is 16.3 Å². The number of benzene rings is 2. The van der Waals surface area contributed by atoms with Crippen LogP contribution in [-0.2, 0) is 9.84 Å². The molecule has 1 N–H and O–H groups in total. The Bertz CT molecular complexity index is 1360. The van der Waals surface area contributed by atoms with Gasteiger partial charge in [0, 0.05) is 17.3 Å². The van der Waals surface area contributed by atoms with Crippen molar-refractivity contribution in [2.75, 3.05) is 11.6 Å². The van der Waals surface area contributed by atoms with Crippen LogP contribution in [0.2, 0.25) is 5.02 Å². The van der Waals surface area contributed by atoms with Crippen molar-refractivity contribution in [3.8, 4) is 17.1 Å². The van der Waals surface area contributed by atoms with E-state index in [9.17, 15) is 17.6 Å². The van der Waals surface area contributed by atoms with Gasteiger partial charge in [0.25, 0.3) is 5.91 Å². The Balaban J connectivity index is 1.73. The Morgan fingerprint density at radius 2 is 1.87 bits per heavy atom. The van der Waals surface area contributed by atoms with Gasteiger partial charge in [0.2, 0.25) is 0 Å². The van der Waals surface area contributed by atoms with Crippen LogP contribution in [0.15, 0.2) is 76.2 Å². The number of anilines is 1. The molecule has 0 aliphatic carbocycles. The van der Waals surface area contributed by atoms with Crippen molar-refractivity contribution in [3.63, 3.8) is 0 Å². The van der Waals surface area contributed by atoms with E-state index in [4.69, 9.17) is 16.0 Å². The van der Waals surface area contributed by atoms with Crippen molar-refractivity contribution in [3.05, 3.63) is 83.5 Å². The second-order valence-corrected chi connectivity index (χ2v) is 9.10. The molecule has 0 saturated carbocycles. The van der Waals surface area contributed by atoms with Crippen molar-refractivity contribution >= 4 is 33.0 Å². The molecule has 0 fully saturated rings. The van der Waals surface area contributed by atoms with E-state index < -0.39 is 21.6 Å². The summed E-state index contributed by atoms with van der Waals surface area (Å²) >= 11 is 5.95. The maximum atomic E-state index is 14.2. The lowest BCUT2D eigenvalue weighted by Crippen LogP contribution is -2.14. The molecule has 31 heavy (non-hydrogen) atoms. The second-order valence-electron chi connectivity index (χ2n) is 6.65. The fourth-order valence-electron chi connectivity index (χ4n) is 2.89. The third-order valence-electron chi connectivity index (χ3n) is 4.40. The smallest absolute Gasteiger partial charge is 0.276 e. The topological polar surface area (TPSA) is 94.2 Å². The molecule has 0 saturated heterocycles. The van der Waals surface area contributed by atoms with E-state index >= 15 is 0 Å². The number of amides is 1. The van der Waals surface area contributed by atoms with Crippen molar-refractivity contribution in [2.24, 2.45) is 0 Å². The summed E-state index contributed by atoms with van der Waals surface area (Å²) in [6.45, 7) is 0. The first kappa shape index (κ1) is 20.8. The first-order valence-electron chi connectivity index (χ1n) is 8.93. The van der Waals surface area contributed by atoms with E-state index in [0.29, 0.717) is 22.2 Å². The molecule has 0 bridgehead atoms. The fraction of sp³-hybridized carbons (Fsp3) is 0.0476. The summed E-state index contributed by atoms with van der Waals surface area (Å²) in [5.41, 5.74) is 0.821. The largest absolute Gasteiger partial charge is 0.463 e. The molecule has 7 nitrogen and oxygen atoms in total. The molecule has 2 aromatic carbocycles. The average Bonchev–Trinajstić information content (AvgIpc) is 3.39. The predicted octanol–water partition coefficient (Wildman–Crippen LogP) is 4.58. The Kier molecular flexibility index (Phi) is 5.38. The summed E-state index contributed by atoms with van der Waals surface area (Å²) in [4.78, 5) is 12.7. The molecule has 0 unspecified atom stereocenters. The van der Waals surface area contributed by atoms with Gasteiger partial charge in [-0.05, 0) is 54.6 Å². The molecular weight excluding hydrogens is 445 g/mol. The first-order valence-corrected chi connectivity index (χ1v) is 11.2. The second kappa shape index (κ2) is 8.01. The molecule has 0 atom stereocenters. The van der Waals surface area contributed by atoms with Crippen LogP contribution in [-0.4, -0.2) is 30.4 Å². The monoisotopic (exact) mass is 459 g/mol. The Morgan fingerprint density at radius 3 is 2.52 bits per heavy atom. The van der Waals surface area contributed by atoms with Gasteiger partial charge in [-0.3, -0.25) is 4.79 Å². The minimum absolute atomic E-state index is 0.0227. The lowest BCUT2D eigenvalue weighted by Gasteiger charge is -2.07. The SMILES string of the molecule is CS(=O)(=O)c1ccc(F)c(NC(=O)c2cc(-c3ccco3)n(-c3ccc(Cl)cc3)n2)c1. The van der Waals surface area contributed by atoms with E-state index in [1.165, 1.54) is 17.0 Å². The summed E-state index contributed by atoms with van der Waals surface area (Å²) in [5.74, 6) is -1.03. The van der Waals surface area contributed by atoms with Gasteiger partial charge in [0.1, 0.15) is 11.5 Å². The van der Waals surface area contributed by atoms with Gasteiger partial charge in [-0.1, -0.05) is 11.6 Å². The zero-order valence-electron chi connectivity index (χ0n) is 16.0. The molecule has 0 spiro atoms. The maximum Gasteiger partial charge on any atom is 0.276 e. The Hall–Kier alpha value is -3.43. The van der Waals surface area contributed by atoms with Gasteiger partial charge in [0.05, 0.1) is 22.5 Å². The molecular formula is C21H15ClFN3O4S. The van der Waals surface area contributed by atoms with Crippen molar-refractivity contribution in [1.29, 1.82) is 0 Å². The van der Waals surface area contributed by atoms with Crippen molar-refractivity contribution in [2.45, 2.75) is 4.90 Å². The highest BCUT2D eigenvalue weighted by molar-refractivity contribution is 7.90. The van der Waals surface area contributed by atoms with Crippen molar-refractivity contribution < 1.29 is 22.0 Å².